The Morgan fingerprint density at radius 3 is 2.67 bits per heavy atom. The number of rotatable bonds is 4. The molecule has 3 nitrogen and oxygen atoms in total. The summed E-state index contributed by atoms with van der Waals surface area (Å²) in [6.45, 7) is 3.91. The Bertz CT molecular complexity index is 370. The van der Waals surface area contributed by atoms with Crippen LogP contribution in [0.5, 0.6) is 5.75 Å². The van der Waals surface area contributed by atoms with Gasteiger partial charge in [-0.2, -0.15) is 0 Å². The van der Waals surface area contributed by atoms with Crippen molar-refractivity contribution in [3.63, 3.8) is 0 Å². The number of primary amides is 1. The van der Waals surface area contributed by atoms with Crippen molar-refractivity contribution in [3.8, 4) is 5.75 Å². The molecule has 3 heteroatoms. The molecule has 1 rings (SSSR count). The van der Waals surface area contributed by atoms with E-state index in [4.69, 9.17) is 10.5 Å². The minimum Gasteiger partial charge on any atom is -0.490 e. The zero-order valence-electron chi connectivity index (χ0n) is 8.94. The number of hydrogen-bond donors (Lipinski definition) is 1. The highest BCUT2D eigenvalue weighted by molar-refractivity contribution is 5.90. The van der Waals surface area contributed by atoms with Crippen LogP contribution in [0, 0.1) is 0 Å². The second-order valence-electron chi connectivity index (χ2n) is 3.44. The molecule has 0 aliphatic carbocycles. The van der Waals surface area contributed by atoms with Gasteiger partial charge >= 0.3 is 0 Å². The van der Waals surface area contributed by atoms with Crippen molar-refractivity contribution in [1.29, 1.82) is 0 Å². The lowest BCUT2D eigenvalue weighted by Crippen LogP contribution is -2.07. The number of benzene rings is 1. The van der Waals surface area contributed by atoms with Gasteiger partial charge in [-0.1, -0.05) is 18.2 Å². The third kappa shape index (κ3) is 3.85. The van der Waals surface area contributed by atoms with E-state index < -0.39 is 5.91 Å². The zero-order valence-corrected chi connectivity index (χ0v) is 8.94. The Labute approximate surface area is 89.5 Å². The van der Waals surface area contributed by atoms with E-state index in [1.807, 2.05) is 38.1 Å². The first-order valence-corrected chi connectivity index (χ1v) is 4.83. The lowest BCUT2D eigenvalue weighted by Gasteiger charge is -2.11. The van der Waals surface area contributed by atoms with E-state index >= 15 is 0 Å². The lowest BCUT2D eigenvalue weighted by molar-refractivity contribution is -0.113. The normalized spacial score (nSPS) is 10.9. The van der Waals surface area contributed by atoms with Crippen molar-refractivity contribution >= 4 is 12.0 Å². The van der Waals surface area contributed by atoms with E-state index in [2.05, 4.69) is 0 Å². The summed E-state index contributed by atoms with van der Waals surface area (Å²) in [5.41, 5.74) is 5.88. The van der Waals surface area contributed by atoms with E-state index in [1.165, 1.54) is 6.08 Å². The van der Waals surface area contributed by atoms with E-state index in [0.717, 1.165) is 11.3 Å². The van der Waals surface area contributed by atoms with Crippen molar-refractivity contribution in [1.82, 2.24) is 0 Å². The van der Waals surface area contributed by atoms with Crippen molar-refractivity contribution in [2.24, 2.45) is 5.73 Å². The molecule has 1 aromatic rings. The Balaban J connectivity index is 2.91. The van der Waals surface area contributed by atoms with Crippen LogP contribution in [-0.4, -0.2) is 12.0 Å². The summed E-state index contributed by atoms with van der Waals surface area (Å²) in [6, 6.07) is 7.50. The first-order valence-electron chi connectivity index (χ1n) is 4.83. The molecule has 80 valence electrons. The number of hydrogen-bond acceptors (Lipinski definition) is 2. The number of carbonyl (C=O) groups excluding carboxylic acids is 1. The van der Waals surface area contributed by atoms with Crippen LogP contribution in [0.3, 0.4) is 0 Å². The van der Waals surface area contributed by atoms with Crippen LogP contribution in [0.4, 0.5) is 0 Å². The van der Waals surface area contributed by atoms with Crippen LogP contribution in [0.15, 0.2) is 30.3 Å². The zero-order chi connectivity index (χ0) is 11.3. The number of nitrogens with two attached hydrogens (primary N) is 1. The largest absolute Gasteiger partial charge is 0.490 e. The maximum Gasteiger partial charge on any atom is 0.241 e. The van der Waals surface area contributed by atoms with Gasteiger partial charge in [0.2, 0.25) is 5.91 Å². The third-order valence-electron chi connectivity index (χ3n) is 1.71. The molecular weight excluding hydrogens is 190 g/mol. The topological polar surface area (TPSA) is 52.3 Å². The highest BCUT2D eigenvalue weighted by Crippen LogP contribution is 2.20. The second-order valence-corrected chi connectivity index (χ2v) is 3.44. The van der Waals surface area contributed by atoms with Gasteiger partial charge in [0.1, 0.15) is 5.75 Å². The molecule has 0 bridgehead atoms. The van der Waals surface area contributed by atoms with Crippen molar-refractivity contribution < 1.29 is 9.53 Å². The van der Waals surface area contributed by atoms with Crippen LogP contribution >= 0.6 is 0 Å². The van der Waals surface area contributed by atoms with Crippen LogP contribution in [0.1, 0.15) is 19.4 Å². The summed E-state index contributed by atoms with van der Waals surface area (Å²) < 4.78 is 5.57. The predicted octanol–water partition coefficient (Wildman–Crippen LogP) is 1.97. The molecule has 0 unspecified atom stereocenters. The fourth-order valence-electron chi connectivity index (χ4n) is 1.15. The molecule has 0 saturated carbocycles. The number of amides is 1. The van der Waals surface area contributed by atoms with E-state index in [9.17, 15) is 4.79 Å². The van der Waals surface area contributed by atoms with E-state index in [0.29, 0.717) is 0 Å². The molecule has 1 amide bonds. The summed E-state index contributed by atoms with van der Waals surface area (Å²) in [4.78, 5) is 10.6. The average Bonchev–Trinajstić information content (AvgIpc) is 2.15. The summed E-state index contributed by atoms with van der Waals surface area (Å²) in [5.74, 6) is 0.291. The van der Waals surface area contributed by atoms with Gasteiger partial charge in [0.25, 0.3) is 0 Å². The van der Waals surface area contributed by atoms with Crippen molar-refractivity contribution in [2.45, 2.75) is 20.0 Å². The SMILES string of the molecule is CC(C)Oc1ccccc1/C=C\C(N)=O. The molecule has 0 heterocycles. The molecule has 0 aliphatic heterocycles. The maximum atomic E-state index is 10.6. The van der Waals surface area contributed by atoms with Gasteiger partial charge in [0.05, 0.1) is 6.10 Å². The van der Waals surface area contributed by atoms with Gasteiger partial charge in [-0.15, -0.1) is 0 Å². The Hall–Kier alpha value is -1.77. The minimum atomic E-state index is -0.464. The molecule has 1 aromatic carbocycles. The Morgan fingerprint density at radius 2 is 2.07 bits per heavy atom. The fourth-order valence-corrected chi connectivity index (χ4v) is 1.15. The third-order valence-corrected chi connectivity index (χ3v) is 1.71. The molecule has 2 N–H and O–H groups in total. The highest BCUT2D eigenvalue weighted by Gasteiger charge is 2.01. The summed E-state index contributed by atoms with van der Waals surface area (Å²) >= 11 is 0. The minimum absolute atomic E-state index is 0.105. The predicted molar refractivity (Wildman–Crippen MR) is 60.4 cm³/mol. The molecular formula is C12H15NO2. The van der Waals surface area contributed by atoms with Gasteiger partial charge in [0.15, 0.2) is 0 Å². The van der Waals surface area contributed by atoms with Gasteiger partial charge in [-0.25, -0.2) is 0 Å². The molecule has 15 heavy (non-hydrogen) atoms. The first kappa shape index (κ1) is 11.3. The molecule has 0 aromatic heterocycles. The van der Waals surface area contributed by atoms with Gasteiger partial charge in [-0.3, -0.25) is 4.79 Å². The molecule has 0 radical (unpaired) electrons. The summed E-state index contributed by atoms with van der Waals surface area (Å²) in [6.07, 6.45) is 3.08. The standard InChI is InChI=1S/C12H15NO2/c1-9(2)15-11-6-4-3-5-10(11)7-8-12(13)14/h3-9H,1-2H3,(H2,13,14)/b8-7-. The summed E-state index contributed by atoms with van der Waals surface area (Å²) in [7, 11) is 0. The van der Waals surface area contributed by atoms with Crippen LogP contribution < -0.4 is 10.5 Å². The summed E-state index contributed by atoms with van der Waals surface area (Å²) in [5, 5.41) is 0. The number of para-hydroxylation sites is 1. The highest BCUT2D eigenvalue weighted by atomic mass is 16.5. The van der Waals surface area contributed by atoms with Crippen molar-refractivity contribution in [2.75, 3.05) is 0 Å². The number of ether oxygens (including phenoxy) is 1. The second kappa shape index (κ2) is 5.20. The molecule has 0 fully saturated rings. The van der Waals surface area contributed by atoms with E-state index in [-0.39, 0.29) is 6.10 Å². The first-order chi connectivity index (χ1) is 7.09. The quantitative estimate of drug-likeness (QED) is 0.764. The molecule has 0 saturated heterocycles. The molecule has 0 spiro atoms. The molecule has 0 aliphatic rings. The fraction of sp³-hybridized carbons (Fsp3) is 0.250. The van der Waals surface area contributed by atoms with Crippen LogP contribution in [-0.2, 0) is 4.79 Å². The van der Waals surface area contributed by atoms with Gasteiger partial charge in [-0.05, 0) is 26.0 Å². The van der Waals surface area contributed by atoms with Gasteiger partial charge < -0.3 is 10.5 Å². The smallest absolute Gasteiger partial charge is 0.241 e. The molecule has 0 atom stereocenters. The Morgan fingerprint density at radius 1 is 1.40 bits per heavy atom. The maximum absolute atomic E-state index is 10.6. The van der Waals surface area contributed by atoms with Crippen LogP contribution in [0.2, 0.25) is 0 Å². The monoisotopic (exact) mass is 205 g/mol. The van der Waals surface area contributed by atoms with E-state index in [1.54, 1.807) is 6.08 Å². The Kier molecular flexibility index (Phi) is 3.92. The number of carbonyl (C=O) groups is 1. The lowest BCUT2D eigenvalue weighted by atomic mass is 10.2. The van der Waals surface area contributed by atoms with Crippen LogP contribution in [0.25, 0.3) is 6.08 Å². The van der Waals surface area contributed by atoms with Crippen molar-refractivity contribution in [3.05, 3.63) is 35.9 Å². The van der Waals surface area contributed by atoms with Gasteiger partial charge in [0, 0.05) is 11.6 Å². The average molecular weight is 205 g/mol.